The number of hydrogen-bond acceptors (Lipinski definition) is 4. The van der Waals surface area contributed by atoms with Gasteiger partial charge in [-0.3, -0.25) is 0 Å². The molecule has 2 heterocycles. The lowest BCUT2D eigenvalue weighted by molar-refractivity contribution is 0.653. The SMILES string of the molecule is CC1(C)c2cc(-c3ccc(N(c4ccc(-c5ccccc5)cc4)c4ccc(-c5ccccc5)cc4)c4ccccc34)ccc2-c2c1ccc1c2oc2ccccc21.CC1(C)c2cc(-c3ccc(N(c4ccc(-c5ccccc5)cc4)c4ccc(-c5ccccc5)cc4)cc3)ccc2-c2c1ccc1c2sc2ccccc21. The summed E-state index contributed by atoms with van der Waals surface area (Å²) >= 11 is 1.93. The Bertz CT molecular complexity index is 6530. The lowest BCUT2D eigenvalue weighted by Gasteiger charge is -2.28. The van der Waals surface area contributed by atoms with Gasteiger partial charge in [0.2, 0.25) is 0 Å². The van der Waals surface area contributed by atoms with Crippen LogP contribution in [0.1, 0.15) is 49.9 Å². The van der Waals surface area contributed by atoms with Gasteiger partial charge in [-0.15, -0.1) is 11.3 Å². The van der Waals surface area contributed by atoms with Gasteiger partial charge < -0.3 is 14.2 Å². The first-order valence-electron chi connectivity index (χ1n) is 38.1. The molecule has 0 saturated heterocycles. The minimum absolute atomic E-state index is 0.0837. The van der Waals surface area contributed by atoms with Crippen LogP contribution in [0.5, 0.6) is 0 Å². The van der Waals surface area contributed by atoms with Crippen molar-refractivity contribution < 1.29 is 4.42 Å². The second-order valence-electron chi connectivity index (χ2n) is 30.2. The summed E-state index contributed by atoms with van der Waals surface area (Å²) in [5.74, 6) is 0. The van der Waals surface area contributed by atoms with Crippen molar-refractivity contribution in [2.24, 2.45) is 0 Å². The Morgan fingerprint density at radius 1 is 0.236 bits per heavy atom. The van der Waals surface area contributed by atoms with Crippen molar-refractivity contribution in [2.45, 2.75) is 38.5 Å². The summed E-state index contributed by atoms with van der Waals surface area (Å²) in [6, 6.07) is 141. The molecule has 0 saturated carbocycles. The van der Waals surface area contributed by atoms with E-state index < -0.39 is 0 Å². The van der Waals surface area contributed by atoms with Crippen molar-refractivity contribution >= 4 is 98.3 Å². The third-order valence-electron chi connectivity index (χ3n) is 23.2. The van der Waals surface area contributed by atoms with E-state index in [1.54, 1.807) is 0 Å². The number of para-hydroxylation sites is 1. The van der Waals surface area contributed by atoms with E-state index in [-0.39, 0.29) is 10.8 Å². The Balaban J connectivity index is 0.000000144. The van der Waals surface area contributed by atoms with Crippen LogP contribution in [-0.2, 0) is 10.8 Å². The van der Waals surface area contributed by atoms with Gasteiger partial charge in [0, 0.05) is 86.7 Å². The predicted molar refractivity (Wildman–Crippen MR) is 468 cm³/mol. The van der Waals surface area contributed by atoms with E-state index in [1.165, 1.54) is 148 Å². The number of thiophene rings is 1. The number of fused-ring (bicyclic) bond motifs is 15. The molecule has 17 aromatic carbocycles. The average Bonchev–Trinajstić information content (AvgIpc) is 1.55. The number of furan rings is 1. The van der Waals surface area contributed by atoms with E-state index in [0.29, 0.717) is 0 Å². The van der Waals surface area contributed by atoms with Crippen molar-refractivity contribution in [1.29, 1.82) is 0 Å². The molecule has 0 radical (unpaired) electrons. The molecule has 110 heavy (non-hydrogen) atoms. The van der Waals surface area contributed by atoms with E-state index in [2.05, 4.69) is 420 Å². The number of rotatable bonds is 12. The van der Waals surface area contributed by atoms with Gasteiger partial charge in [-0.2, -0.15) is 0 Å². The molecule has 2 aliphatic carbocycles. The van der Waals surface area contributed by atoms with Crippen LogP contribution >= 0.6 is 11.3 Å². The van der Waals surface area contributed by atoms with E-state index in [9.17, 15) is 0 Å². The zero-order valence-electron chi connectivity index (χ0n) is 61.7. The number of benzene rings is 17. The predicted octanol–water partition coefficient (Wildman–Crippen LogP) is 30.3. The molecule has 0 aliphatic heterocycles. The van der Waals surface area contributed by atoms with Crippen molar-refractivity contribution in [3.05, 3.63) is 411 Å². The summed E-state index contributed by atoms with van der Waals surface area (Å²) < 4.78 is 9.34. The topological polar surface area (TPSA) is 19.6 Å². The maximum Gasteiger partial charge on any atom is 0.143 e. The standard InChI is InChI=1S/C55H39NO.C51H37NS/c1-55(2)49-33-31-47-46-19-11-12-20-52(46)57-54(47)53(49)48-30-25-40(35-50(48)55)43-32-34-51(45-18-10-9-17-44(43)45)56(41-26-21-38(22-27-41)36-13-5-3-6-14-36)42-28-23-39(24-29-42)37-15-7-4-8-16-37;1-51(2)46-32-31-44-43-15-9-10-16-48(43)53-50(44)49(46)45-30-23-39(33-47(45)51)38-21-28-42(29-22-38)52(40-24-17-36(18-25-40)34-11-5-3-6-12-34)41-26-19-37(20-27-41)35-13-7-4-8-14-35/h3-35H,1-2H3;3-33H,1-2H3. The smallest absolute Gasteiger partial charge is 0.143 e. The molecule has 3 nitrogen and oxygen atoms in total. The molecule has 2 aliphatic rings. The van der Waals surface area contributed by atoms with Crippen LogP contribution in [0.15, 0.2) is 393 Å². The molecule has 522 valence electrons. The Morgan fingerprint density at radius 3 is 1.09 bits per heavy atom. The van der Waals surface area contributed by atoms with Crippen molar-refractivity contribution in [3.63, 3.8) is 0 Å². The highest BCUT2D eigenvalue weighted by atomic mass is 32.1. The largest absolute Gasteiger partial charge is 0.455 e. The summed E-state index contributed by atoms with van der Waals surface area (Å²) in [5, 5.41) is 7.47. The van der Waals surface area contributed by atoms with Crippen LogP contribution in [0.3, 0.4) is 0 Å². The molecule has 4 heteroatoms. The molecule has 2 aromatic heterocycles. The molecule has 0 bridgehead atoms. The van der Waals surface area contributed by atoms with Crippen LogP contribution in [0.4, 0.5) is 34.1 Å². The molecule has 0 N–H and O–H groups in total. The van der Waals surface area contributed by atoms with Crippen LogP contribution in [0.25, 0.3) is 142 Å². The Kier molecular flexibility index (Phi) is 16.1. The van der Waals surface area contributed by atoms with Crippen molar-refractivity contribution in [2.75, 3.05) is 9.80 Å². The molecular weight excluding hydrogens is 1350 g/mol. The third kappa shape index (κ3) is 11.3. The maximum absolute atomic E-state index is 6.58. The zero-order valence-corrected chi connectivity index (χ0v) is 62.5. The maximum atomic E-state index is 6.58. The average molecular weight is 1430 g/mol. The third-order valence-corrected chi connectivity index (χ3v) is 24.4. The molecule has 0 fully saturated rings. The highest BCUT2D eigenvalue weighted by Gasteiger charge is 2.40. The number of anilines is 6. The van der Waals surface area contributed by atoms with Gasteiger partial charge >= 0.3 is 0 Å². The summed E-state index contributed by atoms with van der Waals surface area (Å²) in [6.45, 7) is 9.46. The van der Waals surface area contributed by atoms with E-state index in [4.69, 9.17) is 4.42 Å². The van der Waals surface area contributed by atoms with Gasteiger partial charge in [-0.1, -0.05) is 325 Å². The number of nitrogens with zero attached hydrogens (tertiary/aromatic N) is 2. The minimum atomic E-state index is -0.182. The van der Waals surface area contributed by atoms with Gasteiger partial charge in [-0.25, -0.2) is 0 Å². The number of hydrogen-bond donors (Lipinski definition) is 0. The first-order chi connectivity index (χ1) is 54.1. The highest BCUT2D eigenvalue weighted by molar-refractivity contribution is 7.26. The molecular formula is C106H76N2OS. The Morgan fingerprint density at radius 2 is 0.591 bits per heavy atom. The summed E-state index contributed by atoms with van der Waals surface area (Å²) in [5.41, 5.74) is 33.6. The monoisotopic (exact) mass is 1420 g/mol. The molecule has 21 rings (SSSR count). The summed E-state index contributed by atoms with van der Waals surface area (Å²) in [7, 11) is 0. The molecule has 19 aromatic rings. The van der Waals surface area contributed by atoms with Crippen LogP contribution < -0.4 is 9.80 Å². The van der Waals surface area contributed by atoms with Crippen LogP contribution in [-0.4, -0.2) is 0 Å². The van der Waals surface area contributed by atoms with Gasteiger partial charge in [0.15, 0.2) is 0 Å². The molecule has 0 unspecified atom stereocenters. The Labute approximate surface area is 646 Å². The van der Waals surface area contributed by atoms with Crippen molar-refractivity contribution in [1.82, 2.24) is 0 Å². The molecule has 0 atom stereocenters. The zero-order chi connectivity index (χ0) is 73.6. The highest BCUT2D eigenvalue weighted by Crippen LogP contribution is 2.57. The van der Waals surface area contributed by atoms with E-state index in [1.807, 2.05) is 17.4 Å². The summed E-state index contributed by atoms with van der Waals surface area (Å²) in [6.07, 6.45) is 0. The van der Waals surface area contributed by atoms with E-state index >= 15 is 0 Å². The van der Waals surface area contributed by atoms with Crippen LogP contribution in [0, 0.1) is 0 Å². The normalized spacial score (nSPS) is 12.9. The van der Waals surface area contributed by atoms with Crippen LogP contribution in [0.2, 0.25) is 0 Å². The molecule has 0 spiro atoms. The van der Waals surface area contributed by atoms with Gasteiger partial charge in [-0.05, 0) is 197 Å². The second-order valence-corrected chi connectivity index (χ2v) is 31.3. The van der Waals surface area contributed by atoms with Crippen molar-refractivity contribution in [3.8, 4) is 89.0 Å². The fraction of sp³-hybridized carbons (Fsp3) is 0.0566. The second kappa shape index (κ2) is 26.8. The van der Waals surface area contributed by atoms with Gasteiger partial charge in [0.1, 0.15) is 11.2 Å². The first kappa shape index (κ1) is 66.1. The molecule has 0 amide bonds. The fourth-order valence-electron chi connectivity index (χ4n) is 17.5. The van der Waals surface area contributed by atoms with Gasteiger partial charge in [0.25, 0.3) is 0 Å². The Hall–Kier alpha value is -13.4. The fourth-order valence-corrected chi connectivity index (χ4v) is 18.8. The van der Waals surface area contributed by atoms with Gasteiger partial charge in [0.05, 0.1) is 5.69 Å². The lowest BCUT2D eigenvalue weighted by Crippen LogP contribution is -2.15. The lowest BCUT2D eigenvalue weighted by atomic mass is 9.81. The quantitative estimate of drug-likeness (QED) is 0.122. The minimum Gasteiger partial charge on any atom is -0.455 e. The van der Waals surface area contributed by atoms with E-state index in [0.717, 1.165) is 50.7 Å². The first-order valence-corrected chi connectivity index (χ1v) is 38.9. The summed E-state index contributed by atoms with van der Waals surface area (Å²) in [4.78, 5) is 4.75.